The molecule has 0 saturated carbocycles. The van der Waals surface area contributed by atoms with Crippen molar-refractivity contribution in [3.8, 4) is 5.75 Å². The first-order valence-corrected chi connectivity index (χ1v) is 8.65. The van der Waals surface area contributed by atoms with Crippen molar-refractivity contribution in [1.29, 1.82) is 0 Å². The highest BCUT2D eigenvalue weighted by Crippen LogP contribution is 2.22. The summed E-state index contributed by atoms with van der Waals surface area (Å²) in [5.41, 5.74) is 2.26. The smallest absolute Gasteiger partial charge is 0.137 e. The molecule has 4 heteroatoms. The van der Waals surface area contributed by atoms with Crippen LogP contribution in [0.4, 0.5) is 0 Å². The number of para-hydroxylation sites is 1. The van der Waals surface area contributed by atoms with Crippen LogP contribution in [0.2, 0.25) is 0 Å². The van der Waals surface area contributed by atoms with E-state index in [2.05, 4.69) is 12.2 Å². The van der Waals surface area contributed by atoms with Gasteiger partial charge >= 0.3 is 0 Å². The number of nitrogens with one attached hydrogen (secondary N) is 1. The summed E-state index contributed by atoms with van der Waals surface area (Å²) < 4.78 is 5.82. The Balaban J connectivity index is 1.69. The molecule has 4 nitrogen and oxygen atoms in total. The summed E-state index contributed by atoms with van der Waals surface area (Å²) in [6.07, 6.45) is 2.26. The Hall–Kier alpha value is -1.10. The van der Waals surface area contributed by atoms with Gasteiger partial charge in [0.2, 0.25) is 0 Å². The predicted molar refractivity (Wildman–Crippen MR) is 88.5 cm³/mol. The van der Waals surface area contributed by atoms with Crippen LogP contribution in [0.25, 0.3) is 0 Å². The summed E-state index contributed by atoms with van der Waals surface area (Å²) in [7, 11) is 0. The SMILES string of the molecule is CC[NH+]1CCC[C@H]1C[NH2+]C[C@@H](O)COc1c(C)cccc1C. The highest BCUT2D eigenvalue weighted by atomic mass is 16.5. The molecule has 1 aromatic rings. The maximum atomic E-state index is 10.1. The number of likely N-dealkylation sites (N-methyl/N-ethyl adjacent to an activating group) is 1. The first-order valence-electron chi connectivity index (χ1n) is 8.65. The van der Waals surface area contributed by atoms with Crippen LogP contribution in [-0.4, -0.2) is 50.0 Å². The number of quaternary nitrogens is 2. The first kappa shape index (κ1) is 17.3. The van der Waals surface area contributed by atoms with Crippen LogP contribution in [0.1, 0.15) is 30.9 Å². The molecule has 1 aliphatic heterocycles. The van der Waals surface area contributed by atoms with Crippen LogP contribution < -0.4 is 15.0 Å². The van der Waals surface area contributed by atoms with Crippen molar-refractivity contribution in [3.63, 3.8) is 0 Å². The van der Waals surface area contributed by atoms with Crippen LogP contribution in [0.5, 0.6) is 5.75 Å². The fourth-order valence-corrected chi connectivity index (χ4v) is 3.50. The van der Waals surface area contributed by atoms with Gasteiger partial charge in [0.1, 0.15) is 37.6 Å². The zero-order valence-corrected chi connectivity index (χ0v) is 14.3. The van der Waals surface area contributed by atoms with E-state index in [1.54, 1.807) is 4.90 Å². The molecule has 4 N–H and O–H groups in total. The maximum absolute atomic E-state index is 10.1. The van der Waals surface area contributed by atoms with Crippen LogP contribution in [0.15, 0.2) is 18.2 Å². The van der Waals surface area contributed by atoms with Gasteiger partial charge < -0.3 is 20.1 Å². The van der Waals surface area contributed by atoms with Crippen molar-refractivity contribution < 1.29 is 20.1 Å². The van der Waals surface area contributed by atoms with Crippen molar-refractivity contribution >= 4 is 0 Å². The zero-order chi connectivity index (χ0) is 15.9. The summed E-state index contributed by atoms with van der Waals surface area (Å²) in [5.74, 6) is 0.916. The molecular formula is C18H32N2O2+2. The number of aliphatic hydroxyl groups excluding tert-OH is 1. The number of aryl methyl sites for hydroxylation is 2. The van der Waals surface area contributed by atoms with E-state index in [4.69, 9.17) is 4.74 Å². The average Bonchev–Trinajstić information content (AvgIpc) is 2.94. The number of ether oxygens (including phenoxy) is 1. The Labute approximate surface area is 134 Å². The van der Waals surface area contributed by atoms with Gasteiger partial charge in [-0.2, -0.15) is 0 Å². The molecule has 22 heavy (non-hydrogen) atoms. The minimum Gasteiger partial charge on any atom is -0.490 e. The third-order valence-corrected chi connectivity index (χ3v) is 4.80. The van der Waals surface area contributed by atoms with E-state index in [9.17, 15) is 5.11 Å². The van der Waals surface area contributed by atoms with Gasteiger partial charge in [-0.1, -0.05) is 18.2 Å². The minimum atomic E-state index is -0.412. The molecule has 1 fully saturated rings. The van der Waals surface area contributed by atoms with E-state index >= 15 is 0 Å². The van der Waals surface area contributed by atoms with Crippen molar-refractivity contribution in [3.05, 3.63) is 29.3 Å². The monoisotopic (exact) mass is 308 g/mol. The van der Waals surface area contributed by atoms with Crippen LogP contribution in [0, 0.1) is 13.8 Å². The molecule has 0 spiro atoms. The van der Waals surface area contributed by atoms with Gasteiger partial charge in [-0.15, -0.1) is 0 Å². The Morgan fingerprint density at radius 1 is 1.36 bits per heavy atom. The lowest BCUT2D eigenvalue weighted by Gasteiger charge is -2.19. The van der Waals surface area contributed by atoms with Gasteiger partial charge in [0.25, 0.3) is 0 Å². The summed E-state index contributed by atoms with van der Waals surface area (Å²) in [5, 5.41) is 12.4. The van der Waals surface area contributed by atoms with Crippen molar-refractivity contribution in [2.24, 2.45) is 0 Å². The number of likely N-dealkylation sites (tertiary alicyclic amines) is 1. The first-order chi connectivity index (χ1) is 10.6. The number of aliphatic hydroxyl groups is 1. The molecule has 0 aromatic heterocycles. The van der Waals surface area contributed by atoms with E-state index in [-0.39, 0.29) is 0 Å². The largest absolute Gasteiger partial charge is 0.490 e. The molecule has 3 atom stereocenters. The van der Waals surface area contributed by atoms with Gasteiger partial charge in [-0.25, -0.2) is 0 Å². The van der Waals surface area contributed by atoms with Crippen LogP contribution in [-0.2, 0) is 0 Å². The van der Waals surface area contributed by atoms with Gasteiger partial charge in [0.05, 0.1) is 13.1 Å². The second kappa shape index (κ2) is 8.51. The Morgan fingerprint density at radius 2 is 2.09 bits per heavy atom. The predicted octanol–water partition coefficient (Wildman–Crippen LogP) is -0.326. The van der Waals surface area contributed by atoms with E-state index in [0.29, 0.717) is 6.61 Å². The molecular weight excluding hydrogens is 276 g/mol. The number of nitrogens with two attached hydrogens (primary N) is 1. The normalized spacial score (nSPS) is 22.7. The van der Waals surface area contributed by atoms with E-state index in [0.717, 1.165) is 36.0 Å². The summed E-state index contributed by atoms with van der Waals surface area (Å²) in [4.78, 5) is 1.72. The lowest BCUT2D eigenvalue weighted by Crippen LogP contribution is -3.16. The molecule has 1 heterocycles. The van der Waals surface area contributed by atoms with Gasteiger partial charge in [0, 0.05) is 12.8 Å². The fraction of sp³-hybridized carbons (Fsp3) is 0.667. The van der Waals surface area contributed by atoms with E-state index in [1.807, 2.05) is 32.0 Å². The second-order valence-electron chi connectivity index (χ2n) is 6.55. The Bertz CT molecular complexity index is 444. The summed E-state index contributed by atoms with van der Waals surface area (Å²) in [6, 6.07) is 6.88. The Morgan fingerprint density at radius 3 is 2.77 bits per heavy atom. The minimum absolute atomic E-state index is 0.372. The van der Waals surface area contributed by atoms with Crippen LogP contribution in [0.3, 0.4) is 0 Å². The van der Waals surface area contributed by atoms with Crippen molar-refractivity contribution in [1.82, 2.24) is 0 Å². The van der Waals surface area contributed by atoms with Gasteiger partial charge in [-0.3, -0.25) is 0 Å². The lowest BCUT2D eigenvalue weighted by atomic mass is 10.1. The van der Waals surface area contributed by atoms with Crippen LogP contribution >= 0.6 is 0 Å². The zero-order valence-electron chi connectivity index (χ0n) is 14.3. The topological polar surface area (TPSA) is 50.5 Å². The average molecular weight is 308 g/mol. The molecule has 1 unspecified atom stereocenters. The van der Waals surface area contributed by atoms with Crippen molar-refractivity contribution in [2.75, 3.05) is 32.8 Å². The molecule has 2 rings (SSSR count). The lowest BCUT2D eigenvalue weighted by molar-refractivity contribution is -0.924. The quantitative estimate of drug-likeness (QED) is 0.616. The Kier molecular flexibility index (Phi) is 6.68. The number of hydrogen-bond acceptors (Lipinski definition) is 2. The second-order valence-corrected chi connectivity index (χ2v) is 6.55. The van der Waals surface area contributed by atoms with Gasteiger partial charge in [0.15, 0.2) is 0 Å². The molecule has 1 aliphatic rings. The number of rotatable bonds is 8. The standard InChI is InChI=1S/C18H30N2O2/c1-4-20-10-6-9-16(20)11-19-12-17(21)13-22-18-14(2)7-5-8-15(18)3/h5,7-8,16-17,19,21H,4,6,9-13H2,1-3H3/p+2/t16-,17+/m0/s1. The molecule has 0 bridgehead atoms. The molecule has 0 amide bonds. The maximum Gasteiger partial charge on any atom is 0.137 e. The summed E-state index contributed by atoms with van der Waals surface area (Å²) >= 11 is 0. The fourth-order valence-electron chi connectivity index (χ4n) is 3.50. The van der Waals surface area contributed by atoms with E-state index in [1.165, 1.54) is 25.9 Å². The van der Waals surface area contributed by atoms with E-state index < -0.39 is 6.10 Å². The number of hydrogen-bond donors (Lipinski definition) is 3. The highest BCUT2D eigenvalue weighted by molar-refractivity contribution is 5.39. The molecule has 124 valence electrons. The molecule has 0 aliphatic carbocycles. The van der Waals surface area contributed by atoms with Gasteiger partial charge in [-0.05, 0) is 31.9 Å². The molecule has 1 saturated heterocycles. The highest BCUT2D eigenvalue weighted by Gasteiger charge is 2.28. The third kappa shape index (κ3) is 4.70. The third-order valence-electron chi connectivity index (χ3n) is 4.80. The molecule has 1 aromatic carbocycles. The summed E-state index contributed by atoms with van der Waals surface area (Å²) in [6.45, 7) is 11.1. The molecule has 0 radical (unpaired) electrons. The number of benzene rings is 1. The van der Waals surface area contributed by atoms with Crippen molar-refractivity contribution in [2.45, 2.75) is 45.8 Å².